The monoisotopic (exact) mass is 385 g/mol. The third-order valence-corrected chi connectivity index (χ3v) is 4.42. The quantitative estimate of drug-likeness (QED) is 0.493. The van der Waals surface area contributed by atoms with E-state index >= 15 is 0 Å². The van der Waals surface area contributed by atoms with E-state index in [0.29, 0.717) is 29.0 Å². The van der Waals surface area contributed by atoms with E-state index < -0.39 is 5.97 Å². The Kier molecular flexibility index (Phi) is 4.53. The molecule has 4 nitrogen and oxygen atoms in total. The number of hydrogen-bond donors (Lipinski definition) is 0. The minimum absolute atomic E-state index is 0.132. The van der Waals surface area contributed by atoms with Gasteiger partial charge < -0.3 is 9.14 Å². The number of halogens is 1. The van der Waals surface area contributed by atoms with Gasteiger partial charge in [-0.1, -0.05) is 15.9 Å². The molecule has 0 aliphatic carbocycles. The van der Waals surface area contributed by atoms with Crippen LogP contribution >= 0.6 is 15.9 Å². The maximum Gasteiger partial charge on any atom is 0.338 e. The molecule has 24 heavy (non-hydrogen) atoms. The van der Waals surface area contributed by atoms with Crippen LogP contribution in [-0.4, -0.2) is 22.8 Å². The van der Waals surface area contributed by atoms with E-state index in [1.807, 2.05) is 34.9 Å². The fourth-order valence-electron chi connectivity index (χ4n) is 2.72. The van der Waals surface area contributed by atoms with Crippen molar-refractivity contribution in [3.05, 3.63) is 75.5 Å². The van der Waals surface area contributed by atoms with Crippen molar-refractivity contribution in [2.75, 3.05) is 6.61 Å². The third-order valence-electron chi connectivity index (χ3n) is 3.89. The molecule has 0 bridgehead atoms. The summed E-state index contributed by atoms with van der Waals surface area (Å²) in [6.45, 7) is 3.83. The van der Waals surface area contributed by atoms with Gasteiger partial charge in [-0.05, 0) is 61.9 Å². The van der Waals surface area contributed by atoms with E-state index in [1.54, 1.807) is 32.0 Å². The number of carbonyl (C=O) groups is 2. The van der Waals surface area contributed by atoms with Gasteiger partial charge in [0.05, 0.1) is 17.9 Å². The zero-order valence-corrected chi connectivity index (χ0v) is 15.0. The highest BCUT2D eigenvalue weighted by Crippen LogP contribution is 2.23. The van der Waals surface area contributed by atoms with Gasteiger partial charge in [0.1, 0.15) is 0 Å². The Labute approximate surface area is 148 Å². The summed E-state index contributed by atoms with van der Waals surface area (Å²) in [5, 5.41) is 0. The standard InChI is InChI=1S/C19H16BrNO3/c1-3-24-19(23)16-11-15-5-4-10-21(15)17(12(16)2)18(22)13-6-8-14(20)9-7-13/h4-11H,3H2,1-2H3. The summed E-state index contributed by atoms with van der Waals surface area (Å²) in [4.78, 5) is 25.3. The summed E-state index contributed by atoms with van der Waals surface area (Å²) in [6.07, 6.45) is 1.82. The molecule has 2 heterocycles. The number of fused-ring (bicyclic) bond motifs is 1. The molecule has 0 aliphatic rings. The maximum absolute atomic E-state index is 13.0. The Balaban J connectivity index is 2.20. The molecule has 0 fully saturated rings. The van der Waals surface area contributed by atoms with Crippen molar-refractivity contribution < 1.29 is 14.3 Å². The van der Waals surface area contributed by atoms with E-state index in [-0.39, 0.29) is 5.78 Å². The molecular formula is C19H16BrNO3. The van der Waals surface area contributed by atoms with Crippen LogP contribution in [0.3, 0.4) is 0 Å². The van der Waals surface area contributed by atoms with Gasteiger partial charge in [0.2, 0.25) is 5.78 Å². The average Bonchev–Trinajstić information content (AvgIpc) is 3.02. The van der Waals surface area contributed by atoms with Gasteiger partial charge in [-0.3, -0.25) is 4.79 Å². The summed E-state index contributed by atoms with van der Waals surface area (Å²) in [7, 11) is 0. The Morgan fingerprint density at radius 3 is 2.54 bits per heavy atom. The SMILES string of the molecule is CCOC(=O)c1cc2cccn2c(C(=O)c2ccc(Br)cc2)c1C. The molecule has 122 valence electrons. The van der Waals surface area contributed by atoms with E-state index in [4.69, 9.17) is 4.74 Å². The van der Waals surface area contributed by atoms with Crippen LogP contribution in [0.4, 0.5) is 0 Å². The number of ether oxygens (including phenoxy) is 1. The molecule has 0 atom stereocenters. The first-order valence-electron chi connectivity index (χ1n) is 7.61. The Morgan fingerprint density at radius 2 is 1.88 bits per heavy atom. The van der Waals surface area contributed by atoms with Crippen LogP contribution in [0.1, 0.15) is 38.9 Å². The van der Waals surface area contributed by atoms with Crippen molar-refractivity contribution in [3.63, 3.8) is 0 Å². The number of rotatable bonds is 4. The smallest absolute Gasteiger partial charge is 0.338 e. The molecule has 0 radical (unpaired) electrons. The van der Waals surface area contributed by atoms with Crippen molar-refractivity contribution in [1.29, 1.82) is 0 Å². The lowest BCUT2D eigenvalue weighted by molar-refractivity contribution is 0.0525. The van der Waals surface area contributed by atoms with Crippen molar-refractivity contribution in [2.45, 2.75) is 13.8 Å². The van der Waals surface area contributed by atoms with Gasteiger partial charge in [-0.15, -0.1) is 0 Å². The van der Waals surface area contributed by atoms with Crippen molar-refractivity contribution in [3.8, 4) is 0 Å². The second-order valence-corrected chi connectivity index (χ2v) is 6.31. The zero-order valence-electron chi connectivity index (χ0n) is 13.4. The second-order valence-electron chi connectivity index (χ2n) is 5.39. The first-order chi connectivity index (χ1) is 11.5. The molecule has 0 saturated heterocycles. The number of aromatic nitrogens is 1. The largest absolute Gasteiger partial charge is 0.462 e. The molecule has 0 aliphatic heterocycles. The lowest BCUT2D eigenvalue weighted by Gasteiger charge is -2.13. The minimum atomic E-state index is -0.413. The number of pyridine rings is 1. The normalized spacial score (nSPS) is 10.8. The predicted molar refractivity (Wildman–Crippen MR) is 95.7 cm³/mol. The van der Waals surface area contributed by atoms with Crippen LogP contribution in [0.15, 0.2) is 53.1 Å². The van der Waals surface area contributed by atoms with Crippen LogP contribution < -0.4 is 0 Å². The Morgan fingerprint density at radius 1 is 1.17 bits per heavy atom. The molecular weight excluding hydrogens is 370 g/mol. The number of hydrogen-bond acceptors (Lipinski definition) is 3. The molecule has 0 N–H and O–H groups in total. The van der Waals surface area contributed by atoms with Gasteiger partial charge in [0, 0.05) is 21.7 Å². The molecule has 5 heteroatoms. The summed E-state index contributed by atoms with van der Waals surface area (Å²) in [5.41, 5.74) is 2.86. The predicted octanol–water partition coefficient (Wildman–Crippen LogP) is 4.42. The number of benzene rings is 1. The minimum Gasteiger partial charge on any atom is -0.462 e. The third kappa shape index (κ3) is 2.87. The first-order valence-corrected chi connectivity index (χ1v) is 8.40. The van der Waals surface area contributed by atoms with Crippen LogP contribution in [0.2, 0.25) is 0 Å². The van der Waals surface area contributed by atoms with Crippen LogP contribution in [-0.2, 0) is 4.74 Å². The number of ketones is 1. The Bertz CT molecular complexity index is 926. The van der Waals surface area contributed by atoms with Crippen LogP contribution in [0.5, 0.6) is 0 Å². The molecule has 0 amide bonds. The summed E-state index contributed by atoms with van der Waals surface area (Å²) < 4.78 is 7.84. The maximum atomic E-state index is 13.0. The highest BCUT2D eigenvalue weighted by molar-refractivity contribution is 9.10. The van der Waals surface area contributed by atoms with Gasteiger partial charge in [-0.2, -0.15) is 0 Å². The second kappa shape index (κ2) is 6.61. The molecule has 0 unspecified atom stereocenters. The summed E-state index contributed by atoms with van der Waals surface area (Å²) in [6, 6.07) is 12.6. The fraction of sp³-hybridized carbons (Fsp3) is 0.158. The summed E-state index contributed by atoms with van der Waals surface area (Å²) in [5.74, 6) is -0.545. The summed E-state index contributed by atoms with van der Waals surface area (Å²) >= 11 is 3.37. The molecule has 0 spiro atoms. The lowest BCUT2D eigenvalue weighted by atomic mass is 10.00. The van der Waals surface area contributed by atoms with Crippen LogP contribution in [0, 0.1) is 6.92 Å². The van der Waals surface area contributed by atoms with Gasteiger partial charge in [-0.25, -0.2) is 4.79 Å². The topological polar surface area (TPSA) is 47.8 Å². The van der Waals surface area contributed by atoms with E-state index in [9.17, 15) is 9.59 Å². The van der Waals surface area contributed by atoms with Gasteiger partial charge in [0.15, 0.2) is 0 Å². The van der Waals surface area contributed by atoms with Gasteiger partial charge in [0.25, 0.3) is 0 Å². The van der Waals surface area contributed by atoms with E-state index in [0.717, 1.165) is 9.99 Å². The molecule has 0 saturated carbocycles. The Hall–Kier alpha value is -2.40. The molecule has 3 rings (SSSR count). The van der Waals surface area contributed by atoms with Crippen LogP contribution in [0.25, 0.3) is 5.52 Å². The van der Waals surface area contributed by atoms with E-state index in [1.165, 1.54) is 0 Å². The fourth-order valence-corrected chi connectivity index (χ4v) is 2.98. The van der Waals surface area contributed by atoms with Crippen molar-refractivity contribution in [1.82, 2.24) is 4.40 Å². The van der Waals surface area contributed by atoms with Gasteiger partial charge >= 0.3 is 5.97 Å². The molecule has 2 aromatic heterocycles. The van der Waals surface area contributed by atoms with Crippen molar-refractivity contribution in [2.24, 2.45) is 0 Å². The zero-order chi connectivity index (χ0) is 17.3. The highest BCUT2D eigenvalue weighted by atomic mass is 79.9. The average molecular weight is 386 g/mol. The number of esters is 1. The highest BCUT2D eigenvalue weighted by Gasteiger charge is 2.21. The first kappa shape index (κ1) is 16.5. The number of nitrogens with zero attached hydrogens (tertiary/aromatic N) is 1. The van der Waals surface area contributed by atoms with Crippen molar-refractivity contribution >= 4 is 33.2 Å². The molecule has 1 aromatic carbocycles. The van der Waals surface area contributed by atoms with E-state index in [2.05, 4.69) is 15.9 Å². The lowest BCUT2D eigenvalue weighted by Crippen LogP contribution is -2.15. The number of carbonyl (C=O) groups excluding carboxylic acids is 2. The molecule has 3 aromatic rings.